The molecule has 2 rings (SSSR count). The molecule has 0 saturated heterocycles. The van der Waals surface area contributed by atoms with E-state index in [1.165, 1.54) is 0 Å². The lowest BCUT2D eigenvalue weighted by Crippen LogP contribution is -2.39. The summed E-state index contributed by atoms with van der Waals surface area (Å²) in [5, 5.41) is 10.9. The van der Waals surface area contributed by atoms with E-state index in [1.807, 2.05) is 45.3 Å². The third-order valence-electron chi connectivity index (χ3n) is 3.48. The maximum absolute atomic E-state index is 10.9. The second kappa shape index (κ2) is 5.29. The Balaban J connectivity index is 2.20. The Bertz CT molecular complexity index is 384. The average molecular weight is 249 g/mol. The van der Waals surface area contributed by atoms with Crippen LogP contribution in [0, 0.1) is 5.92 Å². The molecule has 0 spiro atoms. The van der Waals surface area contributed by atoms with Crippen molar-refractivity contribution in [3.63, 3.8) is 0 Å². The van der Waals surface area contributed by atoms with E-state index in [2.05, 4.69) is 4.90 Å². The number of ether oxygens (including phenoxy) is 1. The van der Waals surface area contributed by atoms with Crippen molar-refractivity contribution in [2.45, 2.75) is 25.4 Å². The molecule has 0 heterocycles. The van der Waals surface area contributed by atoms with Crippen LogP contribution >= 0.6 is 0 Å². The molecule has 3 nitrogen and oxygen atoms in total. The van der Waals surface area contributed by atoms with Gasteiger partial charge in [0.2, 0.25) is 0 Å². The molecular weight excluding hydrogens is 226 g/mol. The highest BCUT2D eigenvalue weighted by Gasteiger charge is 2.45. The van der Waals surface area contributed by atoms with E-state index in [4.69, 9.17) is 4.74 Å². The third kappa shape index (κ3) is 2.85. The number of likely N-dealkylation sites (N-methyl/N-ethyl adjacent to an activating group) is 1. The number of benzene rings is 1. The Kier molecular flexibility index (Phi) is 3.93. The first-order valence-corrected chi connectivity index (χ1v) is 6.66. The van der Waals surface area contributed by atoms with Gasteiger partial charge in [-0.1, -0.05) is 12.1 Å². The van der Waals surface area contributed by atoms with Crippen LogP contribution < -0.4 is 4.74 Å². The molecule has 0 amide bonds. The molecule has 3 heteroatoms. The second-order valence-corrected chi connectivity index (χ2v) is 5.39. The number of hydrogen-bond acceptors (Lipinski definition) is 3. The quantitative estimate of drug-likeness (QED) is 0.839. The van der Waals surface area contributed by atoms with E-state index in [9.17, 15) is 5.11 Å². The Morgan fingerprint density at radius 1 is 1.28 bits per heavy atom. The fourth-order valence-electron chi connectivity index (χ4n) is 2.51. The fourth-order valence-corrected chi connectivity index (χ4v) is 2.51. The topological polar surface area (TPSA) is 32.7 Å². The summed E-state index contributed by atoms with van der Waals surface area (Å²) < 4.78 is 5.44. The van der Waals surface area contributed by atoms with Crippen molar-refractivity contribution in [3.05, 3.63) is 29.8 Å². The highest BCUT2D eigenvalue weighted by molar-refractivity contribution is 5.32. The Morgan fingerprint density at radius 2 is 1.89 bits per heavy atom. The molecule has 1 fully saturated rings. The SMILES string of the molecule is CCOc1ccc(C(O)(CN(C)C)C2CC2)cc1. The van der Waals surface area contributed by atoms with E-state index in [0.717, 1.165) is 24.2 Å². The van der Waals surface area contributed by atoms with Crippen LogP contribution in [-0.4, -0.2) is 37.3 Å². The zero-order chi connectivity index (χ0) is 13.2. The maximum atomic E-state index is 10.9. The zero-order valence-corrected chi connectivity index (χ0v) is 11.5. The van der Waals surface area contributed by atoms with Crippen molar-refractivity contribution in [1.82, 2.24) is 4.90 Å². The smallest absolute Gasteiger partial charge is 0.119 e. The second-order valence-electron chi connectivity index (χ2n) is 5.39. The summed E-state index contributed by atoms with van der Waals surface area (Å²) in [4.78, 5) is 2.05. The first-order valence-electron chi connectivity index (χ1n) is 6.66. The van der Waals surface area contributed by atoms with Crippen molar-refractivity contribution < 1.29 is 9.84 Å². The number of nitrogens with zero attached hydrogens (tertiary/aromatic N) is 1. The summed E-state index contributed by atoms with van der Waals surface area (Å²) >= 11 is 0. The Morgan fingerprint density at radius 3 is 2.33 bits per heavy atom. The largest absolute Gasteiger partial charge is 0.494 e. The molecule has 1 aromatic carbocycles. The minimum absolute atomic E-state index is 0.401. The van der Waals surface area contributed by atoms with Crippen LogP contribution in [0.3, 0.4) is 0 Å². The molecule has 1 aromatic rings. The van der Waals surface area contributed by atoms with Gasteiger partial charge < -0.3 is 14.7 Å². The molecule has 1 aliphatic rings. The van der Waals surface area contributed by atoms with Crippen LogP contribution in [0.2, 0.25) is 0 Å². The molecule has 1 unspecified atom stereocenters. The van der Waals surface area contributed by atoms with Crippen LogP contribution in [0.1, 0.15) is 25.3 Å². The van der Waals surface area contributed by atoms with Gasteiger partial charge in [0.05, 0.1) is 6.61 Å². The van der Waals surface area contributed by atoms with Gasteiger partial charge >= 0.3 is 0 Å². The van der Waals surface area contributed by atoms with E-state index in [-0.39, 0.29) is 0 Å². The van der Waals surface area contributed by atoms with Gasteiger partial charge in [-0.15, -0.1) is 0 Å². The maximum Gasteiger partial charge on any atom is 0.119 e. The first-order chi connectivity index (χ1) is 8.56. The normalized spacial score (nSPS) is 18.7. The summed E-state index contributed by atoms with van der Waals surface area (Å²) in [5.74, 6) is 1.27. The van der Waals surface area contributed by atoms with Crippen LogP contribution in [0.25, 0.3) is 0 Å². The van der Waals surface area contributed by atoms with E-state index < -0.39 is 5.60 Å². The van der Waals surface area contributed by atoms with Gasteiger partial charge in [-0.2, -0.15) is 0 Å². The van der Waals surface area contributed by atoms with E-state index in [0.29, 0.717) is 19.1 Å². The van der Waals surface area contributed by atoms with Crippen LogP contribution in [0.5, 0.6) is 5.75 Å². The van der Waals surface area contributed by atoms with Gasteiger partial charge in [-0.3, -0.25) is 0 Å². The highest BCUT2D eigenvalue weighted by atomic mass is 16.5. The molecule has 0 bridgehead atoms. The number of hydrogen-bond donors (Lipinski definition) is 1. The standard InChI is InChI=1S/C15H23NO2/c1-4-18-14-9-7-13(8-10-14)15(17,11-16(2)3)12-5-6-12/h7-10,12,17H,4-6,11H2,1-3H3. The summed E-state index contributed by atoms with van der Waals surface area (Å²) in [6.07, 6.45) is 2.25. The Labute approximate surface area is 109 Å². The lowest BCUT2D eigenvalue weighted by molar-refractivity contribution is -0.00999. The average Bonchev–Trinajstić information content (AvgIpc) is 3.13. The summed E-state index contributed by atoms with van der Waals surface area (Å²) in [7, 11) is 4.00. The molecule has 1 N–H and O–H groups in total. The van der Waals surface area contributed by atoms with E-state index >= 15 is 0 Å². The number of aliphatic hydroxyl groups is 1. The minimum atomic E-state index is -0.714. The minimum Gasteiger partial charge on any atom is -0.494 e. The van der Waals surface area contributed by atoms with Gasteiger partial charge in [0.1, 0.15) is 11.4 Å². The van der Waals surface area contributed by atoms with Crippen LogP contribution in [0.4, 0.5) is 0 Å². The van der Waals surface area contributed by atoms with Gasteiger partial charge in [0.15, 0.2) is 0 Å². The molecule has 0 aliphatic heterocycles. The molecule has 1 atom stereocenters. The lowest BCUT2D eigenvalue weighted by atomic mass is 9.88. The van der Waals surface area contributed by atoms with Gasteiger partial charge in [0.25, 0.3) is 0 Å². The van der Waals surface area contributed by atoms with Crippen LogP contribution in [0.15, 0.2) is 24.3 Å². The summed E-state index contributed by atoms with van der Waals surface area (Å²) in [6.45, 7) is 3.32. The lowest BCUT2D eigenvalue weighted by Gasteiger charge is -2.32. The van der Waals surface area contributed by atoms with Crippen molar-refractivity contribution in [2.75, 3.05) is 27.2 Å². The van der Waals surface area contributed by atoms with Gasteiger partial charge in [-0.05, 0) is 57.5 Å². The zero-order valence-electron chi connectivity index (χ0n) is 11.5. The number of rotatable bonds is 6. The van der Waals surface area contributed by atoms with Crippen molar-refractivity contribution in [1.29, 1.82) is 0 Å². The third-order valence-corrected chi connectivity index (χ3v) is 3.48. The van der Waals surface area contributed by atoms with Crippen molar-refractivity contribution >= 4 is 0 Å². The van der Waals surface area contributed by atoms with Crippen molar-refractivity contribution in [2.24, 2.45) is 5.92 Å². The predicted octanol–water partition coefficient (Wildman–Crippen LogP) is 2.24. The molecular formula is C15H23NO2. The monoisotopic (exact) mass is 249 g/mol. The Hall–Kier alpha value is -1.06. The summed E-state index contributed by atoms with van der Waals surface area (Å²) in [5.41, 5.74) is 0.288. The first kappa shape index (κ1) is 13.4. The predicted molar refractivity (Wildman–Crippen MR) is 72.8 cm³/mol. The molecule has 18 heavy (non-hydrogen) atoms. The molecule has 100 valence electrons. The summed E-state index contributed by atoms with van der Waals surface area (Å²) in [6, 6.07) is 7.88. The van der Waals surface area contributed by atoms with Crippen LogP contribution in [-0.2, 0) is 5.60 Å². The van der Waals surface area contributed by atoms with Gasteiger partial charge in [0, 0.05) is 6.54 Å². The molecule has 0 aromatic heterocycles. The van der Waals surface area contributed by atoms with Crippen molar-refractivity contribution in [3.8, 4) is 5.75 Å². The molecule has 1 aliphatic carbocycles. The molecule has 0 radical (unpaired) electrons. The molecule has 1 saturated carbocycles. The fraction of sp³-hybridized carbons (Fsp3) is 0.600. The van der Waals surface area contributed by atoms with E-state index in [1.54, 1.807) is 0 Å². The van der Waals surface area contributed by atoms with Gasteiger partial charge in [-0.25, -0.2) is 0 Å². The highest BCUT2D eigenvalue weighted by Crippen LogP contribution is 2.46.